The second-order valence-corrected chi connectivity index (χ2v) is 9.97. The third-order valence-corrected chi connectivity index (χ3v) is 6.88. The lowest BCUT2D eigenvalue weighted by atomic mass is 10.2. The third kappa shape index (κ3) is 7.10. The summed E-state index contributed by atoms with van der Waals surface area (Å²) in [5.74, 6) is 0.996. The average molecular weight is 520 g/mol. The molecule has 0 radical (unpaired) electrons. The van der Waals surface area contributed by atoms with E-state index in [0.717, 1.165) is 21.9 Å². The summed E-state index contributed by atoms with van der Waals surface area (Å²) in [6.07, 6.45) is 0. The fourth-order valence-corrected chi connectivity index (χ4v) is 4.85. The van der Waals surface area contributed by atoms with Gasteiger partial charge < -0.3 is 20.1 Å². The molecule has 3 aromatic carbocycles. The lowest BCUT2D eigenvalue weighted by molar-refractivity contribution is -0.118. The van der Waals surface area contributed by atoms with Crippen LogP contribution in [0.4, 0.5) is 10.8 Å². The van der Waals surface area contributed by atoms with E-state index in [2.05, 4.69) is 15.6 Å². The van der Waals surface area contributed by atoms with Crippen LogP contribution in [0.15, 0.2) is 89.1 Å². The fraction of sp³-hybridized carbons (Fsp3) is 0.148. The molecule has 0 aliphatic rings. The highest BCUT2D eigenvalue weighted by Crippen LogP contribution is 2.29. The minimum Gasteiger partial charge on any atom is -0.497 e. The Morgan fingerprint density at radius 3 is 2.50 bits per heavy atom. The minimum atomic E-state index is -0.370. The van der Waals surface area contributed by atoms with E-state index in [9.17, 15) is 9.59 Å². The lowest BCUT2D eigenvalue weighted by Gasteiger charge is -2.12. The van der Waals surface area contributed by atoms with E-state index in [-0.39, 0.29) is 23.7 Å². The Bertz CT molecular complexity index is 1310. The zero-order valence-electron chi connectivity index (χ0n) is 19.8. The number of anilines is 2. The lowest BCUT2D eigenvalue weighted by Crippen LogP contribution is -2.22. The summed E-state index contributed by atoms with van der Waals surface area (Å²) in [6.45, 7) is 1.74. The van der Waals surface area contributed by atoms with Crippen molar-refractivity contribution in [2.45, 2.75) is 17.1 Å². The molecule has 184 valence electrons. The molecule has 36 heavy (non-hydrogen) atoms. The van der Waals surface area contributed by atoms with Crippen LogP contribution in [0.3, 0.4) is 0 Å². The van der Waals surface area contributed by atoms with Gasteiger partial charge in [-0.05, 0) is 61.5 Å². The molecule has 0 saturated carbocycles. The number of nitrogens with one attached hydrogen (secondary N) is 2. The third-order valence-electron chi connectivity index (χ3n) is 5.03. The number of thiazole rings is 1. The van der Waals surface area contributed by atoms with Crippen molar-refractivity contribution in [2.75, 3.05) is 24.4 Å². The summed E-state index contributed by atoms with van der Waals surface area (Å²) in [6, 6.07) is 24.1. The van der Waals surface area contributed by atoms with Gasteiger partial charge >= 0.3 is 0 Å². The maximum absolute atomic E-state index is 12.8. The molecule has 4 aromatic rings. The van der Waals surface area contributed by atoms with Gasteiger partial charge in [0.1, 0.15) is 11.5 Å². The second-order valence-electron chi connectivity index (χ2n) is 7.69. The highest BCUT2D eigenvalue weighted by Gasteiger charge is 2.17. The van der Waals surface area contributed by atoms with Crippen LogP contribution in [0, 0.1) is 0 Å². The van der Waals surface area contributed by atoms with E-state index in [4.69, 9.17) is 9.47 Å². The number of carbonyl (C=O) groups excluding carboxylic acids is 2. The average Bonchev–Trinajstić information content (AvgIpc) is 3.36. The SMILES string of the molecule is COc1ccc(-c2csc(NC(=O)C(C)Sc3cccc(NC(=O)COc4ccccc4)c3)n2)cc1. The van der Waals surface area contributed by atoms with Crippen molar-refractivity contribution in [3.8, 4) is 22.8 Å². The summed E-state index contributed by atoms with van der Waals surface area (Å²) >= 11 is 2.77. The van der Waals surface area contributed by atoms with E-state index < -0.39 is 0 Å². The Balaban J connectivity index is 1.29. The number of hydrogen-bond donors (Lipinski definition) is 2. The Labute approximate surface area is 217 Å². The molecule has 0 bridgehead atoms. The van der Waals surface area contributed by atoms with Crippen molar-refractivity contribution >= 4 is 45.7 Å². The van der Waals surface area contributed by atoms with Gasteiger partial charge in [-0.15, -0.1) is 23.1 Å². The van der Waals surface area contributed by atoms with Gasteiger partial charge in [-0.25, -0.2) is 4.98 Å². The molecule has 0 saturated heterocycles. The zero-order valence-corrected chi connectivity index (χ0v) is 21.4. The van der Waals surface area contributed by atoms with Gasteiger partial charge in [0, 0.05) is 21.5 Å². The Hall–Kier alpha value is -3.82. The Morgan fingerprint density at radius 2 is 1.75 bits per heavy atom. The van der Waals surface area contributed by atoms with Crippen LogP contribution in [0.2, 0.25) is 0 Å². The van der Waals surface area contributed by atoms with Gasteiger partial charge in [0.05, 0.1) is 18.1 Å². The van der Waals surface area contributed by atoms with Gasteiger partial charge in [0.15, 0.2) is 11.7 Å². The Kier molecular flexibility index (Phi) is 8.59. The summed E-state index contributed by atoms with van der Waals surface area (Å²) in [5, 5.41) is 7.79. The topological polar surface area (TPSA) is 89.6 Å². The highest BCUT2D eigenvalue weighted by atomic mass is 32.2. The van der Waals surface area contributed by atoms with Crippen molar-refractivity contribution in [2.24, 2.45) is 0 Å². The number of ether oxygens (including phenoxy) is 2. The number of para-hydroxylation sites is 1. The minimum absolute atomic E-state index is 0.0908. The van der Waals surface area contributed by atoms with Gasteiger partial charge in [-0.3, -0.25) is 9.59 Å². The molecular weight excluding hydrogens is 494 g/mol. The van der Waals surface area contributed by atoms with E-state index in [1.807, 2.05) is 73.0 Å². The Morgan fingerprint density at radius 1 is 0.972 bits per heavy atom. The van der Waals surface area contributed by atoms with Crippen molar-refractivity contribution in [3.05, 3.63) is 84.2 Å². The largest absolute Gasteiger partial charge is 0.497 e. The molecule has 0 fully saturated rings. The van der Waals surface area contributed by atoms with Crippen LogP contribution >= 0.6 is 23.1 Å². The van der Waals surface area contributed by atoms with Gasteiger partial charge in [0.25, 0.3) is 5.91 Å². The van der Waals surface area contributed by atoms with Crippen LogP contribution in [0.5, 0.6) is 11.5 Å². The van der Waals surface area contributed by atoms with E-state index in [0.29, 0.717) is 16.6 Å². The highest BCUT2D eigenvalue weighted by molar-refractivity contribution is 8.00. The molecule has 2 N–H and O–H groups in total. The number of nitrogens with zero attached hydrogens (tertiary/aromatic N) is 1. The molecule has 4 rings (SSSR count). The molecule has 0 aliphatic carbocycles. The first-order valence-corrected chi connectivity index (χ1v) is 12.9. The predicted octanol–water partition coefficient (Wildman–Crippen LogP) is 5.96. The van der Waals surface area contributed by atoms with Gasteiger partial charge in [-0.1, -0.05) is 24.3 Å². The van der Waals surface area contributed by atoms with Gasteiger partial charge in [-0.2, -0.15) is 0 Å². The number of benzene rings is 3. The molecule has 1 atom stereocenters. The first kappa shape index (κ1) is 25.3. The first-order valence-electron chi connectivity index (χ1n) is 11.2. The molecule has 7 nitrogen and oxygen atoms in total. The number of methoxy groups -OCH3 is 1. The van der Waals surface area contributed by atoms with Crippen LogP contribution in [0.1, 0.15) is 6.92 Å². The number of hydrogen-bond acceptors (Lipinski definition) is 7. The summed E-state index contributed by atoms with van der Waals surface area (Å²) in [4.78, 5) is 30.4. The quantitative estimate of drug-likeness (QED) is 0.252. The number of carbonyl (C=O) groups is 2. The van der Waals surface area contributed by atoms with Crippen molar-refractivity contribution in [1.29, 1.82) is 0 Å². The molecule has 2 amide bonds. The van der Waals surface area contributed by atoms with Crippen LogP contribution in [-0.4, -0.2) is 35.8 Å². The monoisotopic (exact) mass is 519 g/mol. The number of rotatable bonds is 10. The predicted molar refractivity (Wildman–Crippen MR) is 145 cm³/mol. The molecule has 0 spiro atoms. The second kappa shape index (κ2) is 12.2. The summed E-state index contributed by atoms with van der Waals surface area (Å²) in [5.41, 5.74) is 2.37. The summed E-state index contributed by atoms with van der Waals surface area (Å²) < 4.78 is 10.7. The number of aromatic nitrogens is 1. The van der Waals surface area contributed by atoms with Crippen molar-refractivity contribution in [1.82, 2.24) is 4.98 Å². The van der Waals surface area contributed by atoms with Crippen LogP contribution in [0.25, 0.3) is 11.3 Å². The van der Waals surface area contributed by atoms with Crippen LogP contribution < -0.4 is 20.1 Å². The first-order chi connectivity index (χ1) is 17.5. The number of thioether (sulfide) groups is 1. The fourth-order valence-electron chi connectivity index (χ4n) is 3.20. The molecule has 1 aromatic heterocycles. The van der Waals surface area contributed by atoms with E-state index >= 15 is 0 Å². The number of amides is 2. The molecule has 9 heteroatoms. The van der Waals surface area contributed by atoms with Gasteiger partial charge in [0.2, 0.25) is 5.91 Å². The molecule has 0 aliphatic heterocycles. The standard InChI is InChI=1S/C27H25N3O4S2/c1-18(26(32)30-27-29-24(17-35-27)19-11-13-21(33-2)14-12-19)36-23-10-6-7-20(15-23)28-25(31)16-34-22-8-4-3-5-9-22/h3-15,17-18H,16H2,1-2H3,(H,28,31)(H,29,30,32). The van der Waals surface area contributed by atoms with Crippen molar-refractivity contribution in [3.63, 3.8) is 0 Å². The molecule has 1 heterocycles. The normalized spacial score (nSPS) is 11.4. The van der Waals surface area contributed by atoms with Crippen molar-refractivity contribution < 1.29 is 19.1 Å². The van der Waals surface area contributed by atoms with Crippen LogP contribution in [-0.2, 0) is 9.59 Å². The molecular formula is C27H25N3O4S2. The summed E-state index contributed by atoms with van der Waals surface area (Å²) in [7, 11) is 1.62. The maximum Gasteiger partial charge on any atom is 0.262 e. The van der Waals surface area contributed by atoms with E-state index in [1.165, 1.54) is 23.1 Å². The maximum atomic E-state index is 12.8. The smallest absolute Gasteiger partial charge is 0.262 e. The zero-order chi connectivity index (χ0) is 25.3. The molecule has 1 unspecified atom stereocenters. The van der Waals surface area contributed by atoms with E-state index in [1.54, 1.807) is 25.3 Å².